The number of carbonyl (C=O) groups is 2. The minimum Gasteiger partial charge on any atom is -0.550 e. The molecular formula is C14H22NO3-. The van der Waals surface area contributed by atoms with Gasteiger partial charge in [0.1, 0.15) is 0 Å². The normalized spacial score (nSPS) is 36.6. The van der Waals surface area contributed by atoms with Gasteiger partial charge in [0.2, 0.25) is 5.91 Å². The summed E-state index contributed by atoms with van der Waals surface area (Å²) in [6.07, 6.45) is 3.26. The Bertz CT molecular complexity index is 377. The van der Waals surface area contributed by atoms with Crippen LogP contribution in [-0.2, 0) is 9.59 Å². The maximum absolute atomic E-state index is 11.7. The first kappa shape index (κ1) is 13.4. The zero-order valence-corrected chi connectivity index (χ0v) is 11.4. The third kappa shape index (κ3) is 1.91. The first-order valence-corrected chi connectivity index (χ1v) is 6.76. The standard InChI is InChI=1S/C14H23NO3/c1-13(2)9-6-7-14(13,3)10(8-9)15-11(16)4-5-12(17)18/h9-10H,4-8H2,1-3H3,(H,15,16)(H,17,18)/p-1/t9-,10-,14+/m1/s1. The number of nitrogens with one attached hydrogen (secondary N) is 1. The van der Waals surface area contributed by atoms with E-state index in [1.807, 2.05) is 0 Å². The summed E-state index contributed by atoms with van der Waals surface area (Å²) in [5.74, 6) is -0.646. The molecule has 1 amide bonds. The van der Waals surface area contributed by atoms with Crippen LogP contribution in [0.2, 0.25) is 0 Å². The van der Waals surface area contributed by atoms with Gasteiger partial charge in [0.25, 0.3) is 0 Å². The van der Waals surface area contributed by atoms with Crippen LogP contribution in [-0.4, -0.2) is 17.9 Å². The largest absolute Gasteiger partial charge is 0.550 e. The molecule has 0 unspecified atom stereocenters. The molecule has 2 bridgehead atoms. The molecule has 1 N–H and O–H groups in total. The molecule has 3 atom stereocenters. The van der Waals surface area contributed by atoms with Crippen molar-refractivity contribution in [2.45, 2.75) is 58.9 Å². The van der Waals surface area contributed by atoms with Crippen molar-refractivity contribution in [3.05, 3.63) is 0 Å². The first-order chi connectivity index (χ1) is 8.27. The van der Waals surface area contributed by atoms with Crippen LogP contribution in [0.4, 0.5) is 0 Å². The minimum absolute atomic E-state index is 0.0278. The Kier molecular flexibility index (Phi) is 3.16. The minimum atomic E-state index is -1.16. The molecule has 0 heterocycles. The lowest BCUT2D eigenvalue weighted by Gasteiger charge is -2.39. The number of fused-ring (bicyclic) bond motifs is 2. The van der Waals surface area contributed by atoms with E-state index in [4.69, 9.17) is 0 Å². The lowest BCUT2D eigenvalue weighted by atomic mass is 9.69. The van der Waals surface area contributed by atoms with Crippen LogP contribution in [0.3, 0.4) is 0 Å². The van der Waals surface area contributed by atoms with Gasteiger partial charge in [-0.2, -0.15) is 0 Å². The van der Waals surface area contributed by atoms with Crippen LogP contribution < -0.4 is 10.4 Å². The highest BCUT2D eigenvalue weighted by atomic mass is 16.4. The third-order valence-corrected chi connectivity index (χ3v) is 5.69. The van der Waals surface area contributed by atoms with Crippen molar-refractivity contribution < 1.29 is 14.7 Å². The monoisotopic (exact) mass is 252 g/mol. The average Bonchev–Trinajstić information content (AvgIpc) is 2.59. The van der Waals surface area contributed by atoms with E-state index in [1.54, 1.807) is 0 Å². The highest BCUT2D eigenvalue weighted by Crippen LogP contribution is 2.65. The van der Waals surface area contributed by atoms with E-state index in [1.165, 1.54) is 6.42 Å². The molecule has 2 rings (SSSR count). The lowest BCUT2D eigenvalue weighted by molar-refractivity contribution is -0.305. The van der Waals surface area contributed by atoms with Crippen molar-refractivity contribution in [3.8, 4) is 0 Å². The van der Waals surface area contributed by atoms with Crippen molar-refractivity contribution in [3.63, 3.8) is 0 Å². The summed E-state index contributed by atoms with van der Waals surface area (Å²) in [6, 6.07) is 0.195. The molecule has 0 radical (unpaired) electrons. The maximum atomic E-state index is 11.7. The quantitative estimate of drug-likeness (QED) is 0.806. The van der Waals surface area contributed by atoms with E-state index in [0.717, 1.165) is 12.8 Å². The fraction of sp³-hybridized carbons (Fsp3) is 0.857. The number of hydrogen-bond acceptors (Lipinski definition) is 3. The van der Waals surface area contributed by atoms with Crippen LogP contribution in [0, 0.1) is 16.7 Å². The molecule has 18 heavy (non-hydrogen) atoms. The molecule has 2 aliphatic rings. The Labute approximate surface area is 108 Å². The number of carboxylic acids is 1. The Morgan fingerprint density at radius 3 is 2.39 bits per heavy atom. The zero-order chi connectivity index (χ0) is 13.6. The predicted molar refractivity (Wildman–Crippen MR) is 65.4 cm³/mol. The van der Waals surface area contributed by atoms with Gasteiger partial charge in [-0.25, -0.2) is 0 Å². The van der Waals surface area contributed by atoms with Gasteiger partial charge in [0.15, 0.2) is 0 Å². The fourth-order valence-electron chi connectivity index (χ4n) is 3.90. The van der Waals surface area contributed by atoms with Crippen LogP contribution >= 0.6 is 0 Å². The van der Waals surface area contributed by atoms with Gasteiger partial charge in [-0.05, 0) is 42.4 Å². The molecule has 4 nitrogen and oxygen atoms in total. The SMILES string of the molecule is CC1(C)[C@@H]2CC[C@@]1(C)[C@H](NC(=O)CCC(=O)[O-])C2. The summed E-state index contributed by atoms with van der Waals surface area (Å²) >= 11 is 0. The van der Waals surface area contributed by atoms with Gasteiger partial charge in [-0.1, -0.05) is 20.8 Å². The molecule has 0 aromatic heterocycles. The number of aliphatic carboxylic acids is 1. The summed E-state index contributed by atoms with van der Waals surface area (Å²) in [5, 5.41) is 13.4. The number of hydrogen-bond donors (Lipinski definition) is 1. The first-order valence-electron chi connectivity index (χ1n) is 6.76. The van der Waals surface area contributed by atoms with E-state index in [0.29, 0.717) is 5.92 Å². The van der Waals surface area contributed by atoms with E-state index >= 15 is 0 Å². The highest BCUT2D eigenvalue weighted by molar-refractivity contribution is 5.80. The highest BCUT2D eigenvalue weighted by Gasteiger charge is 2.61. The smallest absolute Gasteiger partial charge is 0.220 e. The van der Waals surface area contributed by atoms with Gasteiger partial charge >= 0.3 is 0 Å². The second kappa shape index (κ2) is 4.25. The molecular weight excluding hydrogens is 230 g/mol. The van der Waals surface area contributed by atoms with E-state index in [2.05, 4.69) is 26.1 Å². The third-order valence-electron chi connectivity index (χ3n) is 5.69. The molecule has 2 aliphatic carbocycles. The van der Waals surface area contributed by atoms with Crippen molar-refractivity contribution in [2.24, 2.45) is 16.7 Å². The topological polar surface area (TPSA) is 69.2 Å². The second-order valence-electron chi connectivity index (χ2n) is 6.60. The average molecular weight is 252 g/mol. The Morgan fingerprint density at radius 2 is 1.94 bits per heavy atom. The zero-order valence-electron chi connectivity index (χ0n) is 11.4. The Morgan fingerprint density at radius 1 is 1.28 bits per heavy atom. The van der Waals surface area contributed by atoms with E-state index < -0.39 is 5.97 Å². The predicted octanol–water partition coefficient (Wildman–Crippen LogP) is 0.847. The number of rotatable bonds is 4. The van der Waals surface area contributed by atoms with Crippen LogP contribution in [0.25, 0.3) is 0 Å². The van der Waals surface area contributed by atoms with Gasteiger partial charge in [-0.15, -0.1) is 0 Å². The van der Waals surface area contributed by atoms with Crippen molar-refractivity contribution in [2.75, 3.05) is 0 Å². The molecule has 2 saturated carbocycles. The van der Waals surface area contributed by atoms with Crippen LogP contribution in [0.5, 0.6) is 0 Å². The van der Waals surface area contributed by atoms with Crippen molar-refractivity contribution in [1.82, 2.24) is 5.32 Å². The molecule has 0 aromatic rings. The summed E-state index contributed by atoms with van der Waals surface area (Å²) in [4.78, 5) is 22.1. The molecule has 0 aromatic carbocycles. The van der Waals surface area contributed by atoms with Crippen LogP contribution in [0.15, 0.2) is 0 Å². The molecule has 4 heteroatoms. The summed E-state index contributed by atoms with van der Waals surface area (Å²) in [7, 11) is 0. The Balaban J connectivity index is 1.96. The van der Waals surface area contributed by atoms with Crippen molar-refractivity contribution >= 4 is 11.9 Å². The lowest BCUT2D eigenvalue weighted by Crippen LogP contribution is -2.47. The van der Waals surface area contributed by atoms with Gasteiger partial charge in [0.05, 0.1) is 0 Å². The number of amides is 1. The summed E-state index contributed by atoms with van der Waals surface area (Å²) in [6.45, 7) is 6.83. The number of carbonyl (C=O) groups excluding carboxylic acids is 2. The molecule has 0 aliphatic heterocycles. The maximum Gasteiger partial charge on any atom is 0.220 e. The van der Waals surface area contributed by atoms with Gasteiger partial charge in [0, 0.05) is 18.4 Å². The molecule has 0 spiro atoms. The molecule has 102 valence electrons. The van der Waals surface area contributed by atoms with Gasteiger partial charge in [-0.3, -0.25) is 4.79 Å². The van der Waals surface area contributed by atoms with E-state index in [9.17, 15) is 14.7 Å². The molecule has 0 saturated heterocycles. The number of carboxylic acid groups (broad SMARTS) is 1. The second-order valence-corrected chi connectivity index (χ2v) is 6.60. The summed E-state index contributed by atoms with van der Waals surface area (Å²) in [5.41, 5.74) is 0.411. The molecule has 2 fully saturated rings. The van der Waals surface area contributed by atoms with Gasteiger partial charge < -0.3 is 15.2 Å². The van der Waals surface area contributed by atoms with Crippen LogP contribution in [0.1, 0.15) is 52.9 Å². The fourth-order valence-corrected chi connectivity index (χ4v) is 3.90. The van der Waals surface area contributed by atoms with Crippen molar-refractivity contribution in [1.29, 1.82) is 0 Å². The Hall–Kier alpha value is -1.06. The summed E-state index contributed by atoms with van der Waals surface area (Å²) < 4.78 is 0. The van der Waals surface area contributed by atoms with E-state index in [-0.39, 0.29) is 35.6 Å².